The highest BCUT2D eigenvalue weighted by Gasteiger charge is 2.21. The maximum absolute atomic E-state index is 11.9. The number of unbranched alkanes of at least 4 members (excludes halogenated alkanes) is 1. The number of allylic oxidation sites excluding steroid dienone is 1. The van der Waals surface area contributed by atoms with E-state index < -0.39 is 5.60 Å². The lowest BCUT2D eigenvalue weighted by Crippen LogP contribution is -2.39. The average molecular weight is 299 g/mol. The molecule has 1 amide bonds. The molecule has 0 aromatic rings. The van der Waals surface area contributed by atoms with Crippen LogP contribution in [-0.4, -0.2) is 42.9 Å². The Hall–Kier alpha value is -1.03. The number of amides is 1. The summed E-state index contributed by atoms with van der Waals surface area (Å²) < 4.78 is 11.2. The van der Waals surface area contributed by atoms with Crippen molar-refractivity contribution in [2.75, 3.05) is 20.2 Å². The second kappa shape index (κ2) is 9.82. The standard InChI is InChI=1S/C17H33NO3/c1-8-15(20-12-10-9-11-14(2)3)13-18(7)16(19)21-17(4,5)6/h15H,2,8-13H2,1,3-7H3. The van der Waals surface area contributed by atoms with Crippen molar-refractivity contribution in [1.29, 1.82) is 0 Å². The molecule has 0 fully saturated rings. The van der Waals surface area contributed by atoms with Gasteiger partial charge >= 0.3 is 6.09 Å². The highest BCUT2D eigenvalue weighted by Crippen LogP contribution is 2.11. The first-order valence-corrected chi connectivity index (χ1v) is 7.85. The maximum atomic E-state index is 11.9. The normalized spacial score (nSPS) is 12.9. The molecule has 0 saturated heterocycles. The van der Waals surface area contributed by atoms with Gasteiger partial charge in [-0.05, 0) is 53.4 Å². The molecule has 0 radical (unpaired) electrons. The van der Waals surface area contributed by atoms with Crippen LogP contribution in [-0.2, 0) is 9.47 Å². The van der Waals surface area contributed by atoms with Gasteiger partial charge in [0, 0.05) is 20.2 Å². The Labute approximate surface area is 130 Å². The monoisotopic (exact) mass is 299 g/mol. The van der Waals surface area contributed by atoms with Gasteiger partial charge in [-0.3, -0.25) is 0 Å². The summed E-state index contributed by atoms with van der Waals surface area (Å²) in [5.74, 6) is 0. The number of ether oxygens (including phenoxy) is 2. The fraction of sp³-hybridized carbons (Fsp3) is 0.824. The zero-order valence-corrected chi connectivity index (χ0v) is 14.7. The summed E-state index contributed by atoms with van der Waals surface area (Å²) in [7, 11) is 1.75. The van der Waals surface area contributed by atoms with Crippen LogP contribution in [0.5, 0.6) is 0 Å². The van der Waals surface area contributed by atoms with Crippen LogP contribution >= 0.6 is 0 Å². The number of nitrogens with zero attached hydrogens (tertiary/aromatic N) is 1. The smallest absolute Gasteiger partial charge is 0.410 e. The molecule has 1 unspecified atom stereocenters. The van der Waals surface area contributed by atoms with Gasteiger partial charge in [0.25, 0.3) is 0 Å². The highest BCUT2D eigenvalue weighted by atomic mass is 16.6. The van der Waals surface area contributed by atoms with Crippen LogP contribution in [0, 0.1) is 0 Å². The number of carbonyl (C=O) groups is 1. The van der Waals surface area contributed by atoms with Crippen LogP contribution in [0.3, 0.4) is 0 Å². The van der Waals surface area contributed by atoms with Gasteiger partial charge in [0.2, 0.25) is 0 Å². The van der Waals surface area contributed by atoms with E-state index in [1.165, 1.54) is 5.57 Å². The van der Waals surface area contributed by atoms with Gasteiger partial charge in [-0.15, -0.1) is 6.58 Å². The van der Waals surface area contributed by atoms with Gasteiger partial charge in [-0.2, -0.15) is 0 Å². The van der Waals surface area contributed by atoms with E-state index in [0.717, 1.165) is 32.3 Å². The summed E-state index contributed by atoms with van der Waals surface area (Å²) in [5, 5.41) is 0. The first kappa shape index (κ1) is 20.0. The molecule has 4 nitrogen and oxygen atoms in total. The fourth-order valence-electron chi connectivity index (χ4n) is 1.80. The summed E-state index contributed by atoms with van der Waals surface area (Å²) in [6.45, 7) is 14.9. The van der Waals surface area contributed by atoms with Crippen molar-refractivity contribution in [1.82, 2.24) is 4.90 Å². The third-order valence-electron chi connectivity index (χ3n) is 2.99. The molecule has 4 heteroatoms. The van der Waals surface area contributed by atoms with Crippen molar-refractivity contribution in [2.24, 2.45) is 0 Å². The Balaban J connectivity index is 4.01. The second-order valence-electron chi connectivity index (χ2n) is 6.68. The summed E-state index contributed by atoms with van der Waals surface area (Å²) in [4.78, 5) is 13.5. The molecule has 21 heavy (non-hydrogen) atoms. The maximum Gasteiger partial charge on any atom is 0.410 e. The predicted octanol–water partition coefficient (Wildman–Crippen LogP) is 4.39. The minimum atomic E-state index is -0.462. The van der Waals surface area contributed by atoms with E-state index >= 15 is 0 Å². The van der Waals surface area contributed by atoms with E-state index in [0.29, 0.717) is 6.54 Å². The van der Waals surface area contributed by atoms with Crippen molar-refractivity contribution < 1.29 is 14.3 Å². The summed E-state index contributed by atoms with van der Waals surface area (Å²) in [5.41, 5.74) is 0.753. The molecule has 0 aliphatic heterocycles. The quantitative estimate of drug-likeness (QED) is 0.468. The van der Waals surface area contributed by atoms with E-state index in [1.54, 1.807) is 11.9 Å². The van der Waals surface area contributed by atoms with Crippen LogP contribution in [0.25, 0.3) is 0 Å². The number of rotatable bonds is 9. The van der Waals surface area contributed by atoms with Crippen molar-refractivity contribution in [3.63, 3.8) is 0 Å². The summed E-state index contributed by atoms with van der Waals surface area (Å²) in [6, 6.07) is 0. The molecule has 0 aliphatic rings. The number of hydrogen-bond acceptors (Lipinski definition) is 3. The SMILES string of the molecule is C=C(C)CCCCOC(CC)CN(C)C(=O)OC(C)(C)C. The molecule has 1 atom stereocenters. The predicted molar refractivity (Wildman–Crippen MR) is 87.6 cm³/mol. The van der Waals surface area contributed by atoms with E-state index in [4.69, 9.17) is 9.47 Å². The highest BCUT2D eigenvalue weighted by molar-refractivity contribution is 5.67. The Kier molecular flexibility index (Phi) is 9.34. The minimum Gasteiger partial charge on any atom is -0.444 e. The Morgan fingerprint density at radius 3 is 2.38 bits per heavy atom. The van der Waals surface area contributed by atoms with Crippen LogP contribution in [0.4, 0.5) is 4.79 Å². The molecule has 0 aromatic carbocycles. The number of likely N-dealkylation sites (N-methyl/N-ethyl adjacent to an activating group) is 1. The van der Waals surface area contributed by atoms with Crippen LogP contribution in [0.15, 0.2) is 12.2 Å². The van der Waals surface area contributed by atoms with E-state index in [9.17, 15) is 4.79 Å². The van der Waals surface area contributed by atoms with Gasteiger partial charge in [0.1, 0.15) is 5.60 Å². The zero-order chi connectivity index (χ0) is 16.5. The van der Waals surface area contributed by atoms with Crippen molar-refractivity contribution in [3.05, 3.63) is 12.2 Å². The third-order valence-corrected chi connectivity index (χ3v) is 2.99. The Bertz CT molecular complexity index is 320. The second-order valence-corrected chi connectivity index (χ2v) is 6.68. The molecule has 0 saturated carbocycles. The van der Waals surface area contributed by atoms with Crippen molar-refractivity contribution in [3.8, 4) is 0 Å². The van der Waals surface area contributed by atoms with E-state index in [2.05, 4.69) is 13.5 Å². The topological polar surface area (TPSA) is 38.8 Å². The molecule has 0 aliphatic carbocycles. The lowest BCUT2D eigenvalue weighted by atomic mass is 10.1. The van der Waals surface area contributed by atoms with Gasteiger partial charge in [-0.1, -0.05) is 12.5 Å². The van der Waals surface area contributed by atoms with Crippen LogP contribution in [0.2, 0.25) is 0 Å². The molecule has 0 heterocycles. The molecular weight excluding hydrogens is 266 g/mol. The van der Waals surface area contributed by atoms with E-state index in [1.807, 2.05) is 27.7 Å². The molecule has 0 spiro atoms. The van der Waals surface area contributed by atoms with Crippen molar-refractivity contribution >= 4 is 6.09 Å². The van der Waals surface area contributed by atoms with Crippen LogP contribution < -0.4 is 0 Å². The molecular formula is C17H33NO3. The van der Waals surface area contributed by atoms with Gasteiger partial charge in [0.15, 0.2) is 0 Å². The molecule has 124 valence electrons. The molecule has 0 rings (SSSR count). The fourth-order valence-corrected chi connectivity index (χ4v) is 1.80. The van der Waals surface area contributed by atoms with Gasteiger partial charge < -0.3 is 14.4 Å². The number of carbonyl (C=O) groups excluding carboxylic acids is 1. The van der Waals surface area contributed by atoms with Crippen LogP contribution in [0.1, 0.15) is 60.3 Å². The summed E-state index contributed by atoms with van der Waals surface area (Å²) >= 11 is 0. The first-order valence-electron chi connectivity index (χ1n) is 7.85. The van der Waals surface area contributed by atoms with E-state index in [-0.39, 0.29) is 12.2 Å². The third kappa shape index (κ3) is 11.3. The van der Waals surface area contributed by atoms with Gasteiger partial charge in [-0.25, -0.2) is 4.79 Å². The Morgan fingerprint density at radius 2 is 1.90 bits per heavy atom. The molecule has 0 aromatic heterocycles. The Morgan fingerprint density at radius 1 is 1.29 bits per heavy atom. The lowest BCUT2D eigenvalue weighted by Gasteiger charge is -2.27. The molecule has 0 N–H and O–H groups in total. The van der Waals surface area contributed by atoms with Crippen molar-refractivity contribution in [2.45, 2.75) is 72.0 Å². The first-order chi connectivity index (χ1) is 9.65. The minimum absolute atomic E-state index is 0.0624. The largest absolute Gasteiger partial charge is 0.444 e. The lowest BCUT2D eigenvalue weighted by molar-refractivity contribution is 0.00166. The van der Waals surface area contributed by atoms with Gasteiger partial charge in [0.05, 0.1) is 6.10 Å². The molecule has 0 bridgehead atoms. The average Bonchev–Trinajstić information content (AvgIpc) is 2.34. The zero-order valence-electron chi connectivity index (χ0n) is 14.7. The summed E-state index contributed by atoms with van der Waals surface area (Å²) in [6.07, 6.45) is 3.83. The number of hydrogen-bond donors (Lipinski definition) is 0.